The molecule has 0 aromatic rings. The summed E-state index contributed by atoms with van der Waals surface area (Å²) < 4.78 is 11.0. The molecular formula is C11H20N2O3. The SMILES string of the molecule is NCCC1OCCN(CC2CCCO2)C1=O. The first kappa shape index (κ1) is 11.8. The summed E-state index contributed by atoms with van der Waals surface area (Å²) in [5, 5.41) is 0. The van der Waals surface area contributed by atoms with Gasteiger partial charge in [-0.15, -0.1) is 0 Å². The number of hydrogen-bond acceptors (Lipinski definition) is 4. The summed E-state index contributed by atoms with van der Waals surface area (Å²) in [5.41, 5.74) is 5.46. The topological polar surface area (TPSA) is 64.8 Å². The van der Waals surface area contributed by atoms with Crippen molar-refractivity contribution in [2.24, 2.45) is 5.73 Å². The first-order chi connectivity index (χ1) is 7.81. The highest BCUT2D eigenvalue weighted by Gasteiger charge is 2.31. The summed E-state index contributed by atoms with van der Waals surface area (Å²) in [6, 6.07) is 0. The van der Waals surface area contributed by atoms with Crippen LogP contribution in [0.4, 0.5) is 0 Å². The monoisotopic (exact) mass is 228 g/mol. The Morgan fingerprint density at radius 1 is 1.38 bits per heavy atom. The van der Waals surface area contributed by atoms with E-state index in [0.717, 1.165) is 19.4 Å². The Balaban J connectivity index is 1.85. The highest BCUT2D eigenvalue weighted by atomic mass is 16.5. The molecule has 2 aliphatic heterocycles. The van der Waals surface area contributed by atoms with Crippen LogP contribution in [0.1, 0.15) is 19.3 Å². The van der Waals surface area contributed by atoms with Gasteiger partial charge in [-0.2, -0.15) is 0 Å². The van der Waals surface area contributed by atoms with Gasteiger partial charge in [-0.3, -0.25) is 4.79 Å². The van der Waals surface area contributed by atoms with E-state index in [1.165, 1.54) is 0 Å². The van der Waals surface area contributed by atoms with Crippen LogP contribution in [-0.4, -0.2) is 55.9 Å². The lowest BCUT2D eigenvalue weighted by Crippen LogP contribution is -2.50. The zero-order chi connectivity index (χ0) is 11.4. The van der Waals surface area contributed by atoms with Crippen LogP contribution in [-0.2, 0) is 14.3 Å². The lowest BCUT2D eigenvalue weighted by molar-refractivity contribution is -0.155. The summed E-state index contributed by atoms with van der Waals surface area (Å²) in [5.74, 6) is 0.0761. The van der Waals surface area contributed by atoms with Crippen LogP contribution in [0, 0.1) is 0 Å². The summed E-state index contributed by atoms with van der Waals surface area (Å²) >= 11 is 0. The second-order valence-electron chi connectivity index (χ2n) is 4.36. The van der Waals surface area contributed by atoms with Crippen LogP contribution < -0.4 is 5.73 Å². The summed E-state index contributed by atoms with van der Waals surface area (Å²) in [4.78, 5) is 13.9. The molecular weight excluding hydrogens is 208 g/mol. The molecule has 2 heterocycles. The Bertz CT molecular complexity index is 239. The van der Waals surface area contributed by atoms with Gasteiger partial charge < -0.3 is 20.1 Å². The Hall–Kier alpha value is -0.650. The van der Waals surface area contributed by atoms with E-state index in [4.69, 9.17) is 15.2 Å². The predicted octanol–water partition coefficient (Wildman–Crippen LogP) is -0.258. The van der Waals surface area contributed by atoms with Gasteiger partial charge in [0.2, 0.25) is 0 Å². The van der Waals surface area contributed by atoms with E-state index >= 15 is 0 Å². The summed E-state index contributed by atoms with van der Waals surface area (Å²) in [6.07, 6.45) is 2.67. The molecule has 16 heavy (non-hydrogen) atoms. The molecule has 0 aliphatic carbocycles. The molecule has 2 aliphatic rings. The van der Waals surface area contributed by atoms with Gasteiger partial charge in [-0.1, -0.05) is 0 Å². The molecule has 2 rings (SSSR count). The van der Waals surface area contributed by atoms with E-state index in [1.54, 1.807) is 0 Å². The maximum absolute atomic E-state index is 12.0. The van der Waals surface area contributed by atoms with Gasteiger partial charge in [0.1, 0.15) is 6.10 Å². The van der Waals surface area contributed by atoms with Crippen LogP contribution in [0.3, 0.4) is 0 Å². The number of carbonyl (C=O) groups excluding carboxylic acids is 1. The molecule has 2 atom stereocenters. The first-order valence-corrected chi connectivity index (χ1v) is 6.03. The third-order valence-corrected chi connectivity index (χ3v) is 3.14. The lowest BCUT2D eigenvalue weighted by Gasteiger charge is -2.33. The average molecular weight is 228 g/mol. The second kappa shape index (κ2) is 5.61. The number of nitrogens with zero attached hydrogens (tertiary/aromatic N) is 1. The zero-order valence-electron chi connectivity index (χ0n) is 9.56. The van der Waals surface area contributed by atoms with E-state index < -0.39 is 0 Å². The van der Waals surface area contributed by atoms with Gasteiger partial charge in [0.25, 0.3) is 5.91 Å². The van der Waals surface area contributed by atoms with Crippen molar-refractivity contribution in [3.63, 3.8) is 0 Å². The second-order valence-corrected chi connectivity index (χ2v) is 4.36. The highest BCUT2D eigenvalue weighted by Crippen LogP contribution is 2.16. The van der Waals surface area contributed by atoms with E-state index in [1.807, 2.05) is 4.90 Å². The lowest BCUT2D eigenvalue weighted by atomic mass is 10.1. The zero-order valence-corrected chi connectivity index (χ0v) is 9.56. The van der Waals surface area contributed by atoms with Crippen molar-refractivity contribution < 1.29 is 14.3 Å². The number of nitrogens with two attached hydrogens (primary N) is 1. The third kappa shape index (κ3) is 2.72. The maximum Gasteiger partial charge on any atom is 0.251 e. The van der Waals surface area contributed by atoms with E-state index in [2.05, 4.69) is 0 Å². The molecule has 0 radical (unpaired) electrons. The number of hydrogen-bond donors (Lipinski definition) is 1. The Morgan fingerprint density at radius 2 is 2.25 bits per heavy atom. The summed E-state index contributed by atoms with van der Waals surface area (Å²) in [7, 11) is 0. The molecule has 0 aromatic heterocycles. The standard InChI is InChI=1S/C11H20N2O3/c12-4-3-10-11(14)13(5-7-16-10)8-9-2-1-6-15-9/h9-10H,1-8,12H2. The molecule has 2 unspecified atom stereocenters. The van der Waals surface area contributed by atoms with Crippen molar-refractivity contribution in [1.82, 2.24) is 4.90 Å². The molecule has 1 amide bonds. The first-order valence-electron chi connectivity index (χ1n) is 6.03. The molecule has 5 heteroatoms. The molecule has 2 fully saturated rings. The maximum atomic E-state index is 12.0. The van der Waals surface area contributed by atoms with Gasteiger partial charge in [0, 0.05) is 19.7 Å². The fourth-order valence-corrected chi connectivity index (χ4v) is 2.26. The molecule has 0 bridgehead atoms. The highest BCUT2D eigenvalue weighted by molar-refractivity contribution is 5.81. The van der Waals surface area contributed by atoms with Gasteiger partial charge in [-0.05, 0) is 25.8 Å². The van der Waals surface area contributed by atoms with Crippen LogP contribution >= 0.6 is 0 Å². The molecule has 0 aromatic carbocycles. The number of carbonyl (C=O) groups is 1. The predicted molar refractivity (Wildman–Crippen MR) is 59.0 cm³/mol. The number of rotatable bonds is 4. The molecule has 0 spiro atoms. The van der Waals surface area contributed by atoms with E-state index in [0.29, 0.717) is 32.7 Å². The van der Waals surface area contributed by atoms with Gasteiger partial charge in [0.05, 0.1) is 12.7 Å². The van der Waals surface area contributed by atoms with Gasteiger partial charge in [-0.25, -0.2) is 0 Å². The molecule has 0 saturated carbocycles. The van der Waals surface area contributed by atoms with Crippen molar-refractivity contribution in [2.45, 2.75) is 31.5 Å². The number of amides is 1. The fraction of sp³-hybridized carbons (Fsp3) is 0.909. The third-order valence-electron chi connectivity index (χ3n) is 3.14. The van der Waals surface area contributed by atoms with Crippen molar-refractivity contribution in [3.8, 4) is 0 Å². The largest absolute Gasteiger partial charge is 0.376 e. The average Bonchev–Trinajstić information content (AvgIpc) is 2.77. The summed E-state index contributed by atoms with van der Waals surface area (Å²) in [6.45, 7) is 3.33. The van der Waals surface area contributed by atoms with Crippen LogP contribution in [0.2, 0.25) is 0 Å². The molecule has 2 saturated heterocycles. The Kier molecular flexibility index (Phi) is 4.15. The molecule has 92 valence electrons. The number of morpholine rings is 1. The Morgan fingerprint density at radius 3 is 2.94 bits per heavy atom. The number of ether oxygens (including phenoxy) is 2. The fourth-order valence-electron chi connectivity index (χ4n) is 2.26. The van der Waals surface area contributed by atoms with Gasteiger partial charge in [0.15, 0.2) is 0 Å². The van der Waals surface area contributed by atoms with Crippen molar-refractivity contribution in [3.05, 3.63) is 0 Å². The minimum Gasteiger partial charge on any atom is -0.376 e. The van der Waals surface area contributed by atoms with Crippen molar-refractivity contribution in [2.75, 3.05) is 32.8 Å². The minimum absolute atomic E-state index is 0.0761. The van der Waals surface area contributed by atoms with E-state index in [9.17, 15) is 4.79 Å². The van der Waals surface area contributed by atoms with E-state index in [-0.39, 0.29) is 18.1 Å². The van der Waals surface area contributed by atoms with Gasteiger partial charge >= 0.3 is 0 Å². The van der Waals surface area contributed by atoms with Crippen LogP contribution in [0.25, 0.3) is 0 Å². The van der Waals surface area contributed by atoms with Crippen LogP contribution in [0.5, 0.6) is 0 Å². The van der Waals surface area contributed by atoms with Crippen molar-refractivity contribution in [1.29, 1.82) is 0 Å². The Labute approximate surface area is 95.9 Å². The van der Waals surface area contributed by atoms with Crippen molar-refractivity contribution >= 4 is 5.91 Å². The molecule has 5 nitrogen and oxygen atoms in total. The van der Waals surface area contributed by atoms with Crippen LogP contribution in [0.15, 0.2) is 0 Å². The quantitative estimate of drug-likeness (QED) is 0.720. The smallest absolute Gasteiger partial charge is 0.251 e. The minimum atomic E-state index is -0.333. The molecule has 2 N–H and O–H groups in total. The normalized spacial score (nSPS) is 31.1.